The van der Waals surface area contributed by atoms with Crippen molar-refractivity contribution in [1.29, 1.82) is 0 Å². The summed E-state index contributed by atoms with van der Waals surface area (Å²) in [7, 11) is 0. The third-order valence-corrected chi connectivity index (χ3v) is 3.11. The number of hydrogen-bond acceptors (Lipinski definition) is 6. The Labute approximate surface area is 108 Å². The maximum absolute atomic E-state index is 11.7. The van der Waals surface area contributed by atoms with Crippen LogP contribution in [-0.4, -0.2) is 25.7 Å². The van der Waals surface area contributed by atoms with E-state index in [4.69, 9.17) is 5.73 Å². The van der Waals surface area contributed by atoms with Gasteiger partial charge in [0.05, 0.1) is 18.7 Å². The Balaban J connectivity index is 1.85. The molecule has 0 atom stereocenters. The molecule has 0 aliphatic rings. The predicted octanol–water partition coefficient (Wildman–Crippen LogP) is 0.196. The fraction of sp³-hybridized carbons (Fsp3) is 0.400. The minimum atomic E-state index is -0.106. The minimum Gasteiger partial charge on any atom is -0.375 e. The van der Waals surface area contributed by atoms with Gasteiger partial charge in [0.25, 0.3) is 0 Å². The Morgan fingerprint density at radius 2 is 2.44 bits per heavy atom. The minimum absolute atomic E-state index is 0.106. The normalized spacial score (nSPS) is 10.5. The molecule has 2 aromatic heterocycles. The number of amides is 1. The molecular weight excluding hydrogens is 252 g/mol. The van der Waals surface area contributed by atoms with Crippen molar-refractivity contribution >= 4 is 22.4 Å². The van der Waals surface area contributed by atoms with Crippen LogP contribution >= 0.6 is 11.3 Å². The monoisotopic (exact) mass is 266 g/mol. The molecule has 0 saturated carbocycles. The van der Waals surface area contributed by atoms with E-state index in [0.29, 0.717) is 17.4 Å². The Bertz CT molecular complexity index is 534. The molecule has 0 unspecified atom stereocenters. The molecule has 2 heterocycles. The summed E-state index contributed by atoms with van der Waals surface area (Å²) in [4.78, 5) is 15.7. The van der Waals surface area contributed by atoms with Gasteiger partial charge in [-0.15, -0.1) is 21.5 Å². The van der Waals surface area contributed by atoms with Gasteiger partial charge in [0.1, 0.15) is 6.33 Å². The average Bonchev–Trinajstić information content (AvgIpc) is 2.95. The van der Waals surface area contributed by atoms with E-state index in [-0.39, 0.29) is 12.3 Å². The van der Waals surface area contributed by atoms with Crippen molar-refractivity contribution in [2.45, 2.75) is 26.4 Å². The quantitative estimate of drug-likeness (QED) is 0.805. The van der Waals surface area contributed by atoms with Crippen LogP contribution in [0.2, 0.25) is 0 Å². The first-order valence-electron chi connectivity index (χ1n) is 5.52. The number of anilines is 1. The lowest BCUT2D eigenvalue weighted by molar-refractivity contribution is -0.120. The van der Waals surface area contributed by atoms with Crippen molar-refractivity contribution in [3.63, 3.8) is 0 Å². The second kappa shape index (κ2) is 5.58. The molecule has 0 aromatic carbocycles. The number of hydrogen-bond donors (Lipinski definition) is 2. The first-order valence-corrected chi connectivity index (χ1v) is 6.40. The zero-order valence-electron chi connectivity index (χ0n) is 9.96. The Morgan fingerprint density at radius 3 is 3.11 bits per heavy atom. The summed E-state index contributed by atoms with van der Waals surface area (Å²) in [6.45, 7) is 3.14. The van der Waals surface area contributed by atoms with Gasteiger partial charge in [-0.1, -0.05) is 0 Å². The predicted molar refractivity (Wildman–Crippen MR) is 67.8 cm³/mol. The van der Waals surface area contributed by atoms with Crippen LogP contribution < -0.4 is 11.1 Å². The van der Waals surface area contributed by atoms with Crippen molar-refractivity contribution in [2.75, 3.05) is 5.73 Å². The number of carbonyl (C=O) groups is 1. The second-order valence-corrected chi connectivity index (χ2v) is 4.55. The maximum Gasteiger partial charge on any atom is 0.226 e. The summed E-state index contributed by atoms with van der Waals surface area (Å²) < 4.78 is 1.88. The molecule has 0 bridgehead atoms. The molecular formula is C10H14N6OS. The molecule has 0 saturated heterocycles. The van der Waals surface area contributed by atoms with E-state index >= 15 is 0 Å². The number of nitrogen functional groups attached to an aromatic ring is 1. The summed E-state index contributed by atoms with van der Waals surface area (Å²) in [5, 5.41) is 12.8. The molecule has 2 aromatic rings. The third-order valence-electron chi connectivity index (χ3n) is 2.39. The number of nitrogens with zero attached hydrogens (tertiary/aromatic N) is 4. The van der Waals surface area contributed by atoms with E-state index in [2.05, 4.69) is 20.5 Å². The lowest BCUT2D eigenvalue weighted by atomic mass is 10.3. The standard InChI is InChI=1S/C10H14N6OS/c1-2-16-6-13-15-8(16)4-12-9(17)3-7-5-18-10(11)14-7/h5-6H,2-4H2,1H3,(H2,11,14)(H,12,17). The van der Waals surface area contributed by atoms with E-state index in [1.807, 2.05) is 11.5 Å². The number of aromatic nitrogens is 4. The lowest BCUT2D eigenvalue weighted by Crippen LogP contribution is -2.26. The molecule has 0 aliphatic carbocycles. The third kappa shape index (κ3) is 3.04. The molecule has 0 radical (unpaired) electrons. The second-order valence-electron chi connectivity index (χ2n) is 3.66. The molecule has 1 amide bonds. The van der Waals surface area contributed by atoms with Gasteiger partial charge in [0.2, 0.25) is 5.91 Å². The SMILES string of the molecule is CCn1cnnc1CNC(=O)Cc1csc(N)n1. The molecule has 96 valence electrons. The number of thiazole rings is 1. The fourth-order valence-corrected chi connectivity index (χ4v) is 2.05. The van der Waals surface area contributed by atoms with Crippen LogP contribution in [-0.2, 0) is 24.3 Å². The smallest absolute Gasteiger partial charge is 0.226 e. The van der Waals surface area contributed by atoms with E-state index in [0.717, 1.165) is 12.4 Å². The summed E-state index contributed by atoms with van der Waals surface area (Å²) in [5.41, 5.74) is 6.18. The number of carbonyl (C=O) groups excluding carboxylic acids is 1. The number of rotatable bonds is 5. The van der Waals surface area contributed by atoms with Crippen molar-refractivity contribution in [3.05, 3.63) is 23.2 Å². The Morgan fingerprint density at radius 1 is 1.61 bits per heavy atom. The van der Waals surface area contributed by atoms with Crippen LogP contribution in [0.15, 0.2) is 11.7 Å². The van der Waals surface area contributed by atoms with Gasteiger partial charge in [-0.3, -0.25) is 4.79 Å². The van der Waals surface area contributed by atoms with Crippen molar-refractivity contribution in [2.24, 2.45) is 0 Å². The molecule has 2 rings (SSSR count). The van der Waals surface area contributed by atoms with Crippen LogP contribution in [0.1, 0.15) is 18.4 Å². The molecule has 0 aliphatic heterocycles. The summed E-state index contributed by atoms with van der Waals surface area (Å²) in [6, 6.07) is 0. The van der Waals surface area contributed by atoms with E-state index in [9.17, 15) is 4.79 Å². The Kier molecular flexibility index (Phi) is 3.88. The highest BCUT2D eigenvalue weighted by molar-refractivity contribution is 7.13. The van der Waals surface area contributed by atoms with Crippen molar-refractivity contribution < 1.29 is 4.79 Å². The highest BCUT2D eigenvalue weighted by Crippen LogP contribution is 2.11. The highest BCUT2D eigenvalue weighted by atomic mass is 32.1. The number of nitrogens with two attached hydrogens (primary N) is 1. The molecule has 0 fully saturated rings. The summed E-state index contributed by atoms with van der Waals surface area (Å²) in [6.07, 6.45) is 1.87. The summed E-state index contributed by atoms with van der Waals surface area (Å²) >= 11 is 1.33. The van der Waals surface area contributed by atoms with Crippen LogP contribution in [0.5, 0.6) is 0 Å². The first kappa shape index (κ1) is 12.5. The van der Waals surface area contributed by atoms with Gasteiger partial charge >= 0.3 is 0 Å². The van der Waals surface area contributed by atoms with E-state index in [1.54, 1.807) is 11.7 Å². The fourth-order valence-electron chi connectivity index (χ4n) is 1.49. The zero-order chi connectivity index (χ0) is 13.0. The summed E-state index contributed by atoms with van der Waals surface area (Å²) in [5.74, 6) is 0.634. The maximum atomic E-state index is 11.7. The molecule has 3 N–H and O–H groups in total. The van der Waals surface area contributed by atoms with E-state index < -0.39 is 0 Å². The van der Waals surface area contributed by atoms with Crippen LogP contribution in [0.4, 0.5) is 5.13 Å². The Hall–Kier alpha value is -1.96. The van der Waals surface area contributed by atoms with Gasteiger partial charge in [-0.2, -0.15) is 0 Å². The van der Waals surface area contributed by atoms with E-state index in [1.165, 1.54) is 11.3 Å². The highest BCUT2D eigenvalue weighted by Gasteiger charge is 2.08. The zero-order valence-corrected chi connectivity index (χ0v) is 10.8. The average molecular weight is 266 g/mol. The van der Waals surface area contributed by atoms with Crippen molar-refractivity contribution in [1.82, 2.24) is 25.1 Å². The molecule has 8 heteroatoms. The molecule has 7 nitrogen and oxygen atoms in total. The lowest BCUT2D eigenvalue weighted by Gasteiger charge is -2.04. The van der Waals surface area contributed by atoms with Gasteiger partial charge in [-0.25, -0.2) is 4.98 Å². The van der Waals surface area contributed by atoms with Crippen LogP contribution in [0.3, 0.4) is 0 Å². The molecule has 18 heavy (non-hydrogen) atoms. The topological polar surface area (TPSA) is 98.7 Å². The largest absolute Gasteiger partial charge is 0.375 e. The van der Waals surface area contributed by atoms with Crippen LogP contribution in [0.25, 0.3) is 0 Å². The van der Waals surface area contributed by atoms with Gasteiger partial charge in [0.15, 0.2) is 11.0 Å². The first-order chi connectivity index (χ1) is 8.69. The van der Waals surface area contributed by atoms with Crippen LogP contribution in [0, 0.1) is 0 Å². The van der Waals surface area contributed by atoms with Crippen molar-refractivity contribution in [3.8, 4) is 0 Å². The van der Waals surface area contributed by atoms with Gasteiger partial charge < -0.3 is 15.6 Å². The number of nitrogens with one attached hydrogen (secondary N) is 1. The number of aryl methyl sites for hydroxylation is 1. The van der Waals surface area contributed by atoms with Gasteiger partial charge in [0, 0.05) is 11.9 Å². The molecule has 0 spiro atoms. The van der Waals surface area contributed by atoms with Gasteiger partial charge in [-0.05, 0) is 6.92 Å².